The zero-order valence-electron chi connectivity index (χ0n) is 17.0. The average Bonchev–Trinajstić information content (AvgIpc) is 3.15. The van der Waals surface area contributed by atoms with E-state index in [4.69, 9.17) is 6.40 Å². The zero-order chi connectivity index (χ0) is 19.7. The van der Waals surface area contributed by atoms with E-state index in [0.717, 1.165) is 34.9 Å². The lowest BCUT2D eigenvalue weighted by molar-refractivity contribution is 0.326. The predicted octanol–water partition coefficient (Wildman–Crippen LogP) is 3.79. The minimum Gasteiger partial charge on any atom is -0.346 e. The first-order valence-electron chi connectivity index (χ1n) is 9.87. The van der Waals surface area contributed by atoms with Crippen LogP contribution in [0.1, 0.15) is 58.6 Å². The van der Waals surface area contributed by atoms with Crippen LogP contribution < -0.4 is 5.56 Å². The summed E-state index contributed by atoms with van der Waals surface area (Å²) in [6.45, 7) is 8.52. The molecule has 4 heterocycles. The molecule has 1 fully saturated rings. The number of nitrogens with zero attached hydrogens (tertiary/aromatic N) is 3. The number of hydrogen-bond acceptors (Lipinski definition) is 3. The van der Waals surface area contributed by atoms with Gasteiger partial charge in [0, 0.05) is 29.9 Å². The van der Waals surface area contributed by atoms with E-state index in [0.29, 0.717) is 16.9 Å². The smallest absolute Gasteiger partial charge is 0.260 e. The van der Waals surface area contributed by atoms with Crippen LogP contribution in [0.25, 0.3) is 16.7 Å². The monoisotopic (exact) mass is 362 g/mol. The number of fused-ring (bicyclic) bond motifs is 2. The molecule has 4 aromatic rings. The highest BCUT2D eigenvalue weighted by Crippen LogP contribution is 2.48. The Morgan fingerprint density at radius 2 is 1.93 bits per heavy atom. The van der Waals surface area contributed by atoms with Gasteiger partial charge in [0.25, 0.3) is 5.56 Å². The van der Waals surface area contributed by atoms with Gasteiger partial charge < -0.3 is 14.4 Å². The summed E-state index contributed by atoms with van der Waals surface area (Å²) in [5.41, 5.74) is 7.25. The van der Waals surface area contributed by atoms with Gasteiger partial charge in [-0.05, 0) is 63.3 Å². The number of aromatic nitrogens is 5. The Morgan fingerprint density at radius 3 is 2.67 bits per heavy atom. The van der Waals surface area contributed by atoms with Crippen LogP contribution in [-0.2, 0) is 0 Å². The molecule has 5 rings (SSSR count). The molecule has 0 aromatic carbocycles. The zero-order valence-corrected chi connectivity index (χ0v) is 16.0. The summed E-state index contributed by atoms with van der Waals surface area (Å²) in [4.78, 5) is 26.1. The lowest BCUT2D eigenvalue weighted by Crippen LogP contribution is -2.27. The van der Waals surface area contributed by atoms with Crippen molar-refractivity contribution in [3.8, 4) is 0 Å². The van der Waals surface area contributed by atoms with Crippen molar-refractivity contribution >= 4 is 16.7 Å². The first-order valence-corrected chi connectivity index (χ1v) is 9.42. The Balaban J connectivity index is 1.62. The van der Waals surface area contributed by atoms with Gasteiger partial charge in [0.05, 0.1) is 11.1 Å². The molecule has 138 valence electrons. The van der Waals surface area contributed by atoms with E-state index in [-0.39, 0.29) is 17.4 Å². The van der Waals surface area contributed by atoms with Crippen LogP contribution in [0, 0.1) is 27.7 Å². The molecule has 0 bridgehead atoms. The molecule has 1 aliphatic carbocycles. The quantitative estimate of drug-likeness (QED) is 0.569. The molecule has 27 heavy (non-hydrogen) atoms. The summed E-state index contributed by atoms with van der Waals surface area (Å²) in [5.74, 6) is 1.02. The Hall–Kier alpha value is -2.89. The molecule has 2 atom stereocenters. The number of rotatable bonds is 2. The van der Waals surface area contributed by atoms with E-state index in [2.05, 4.69) is 48.3 Å². The Kier molecular flexibility index (Phi) is 3.12. The number of aromatic amines is 2. The van der Waals surface area contributed by atoms with Gasteiger partial charge in [-0.1, -0.05) is 0 Å². The van der Waals surface area contributed by atoms with Crippen molar-refractivity contribution in [3.63, 3.8) is 0 Å². The van der Waals surface area contributed by atoms with Gasteiger partial charge in [-0.25, -0.2) is 9.97 Å². The van der Waals surface area contributed by atoms with Gasteiger partial charge in [-0.3, -0.25) is 4.79 Å². The minimum atomic E-state index is -0.175. The van der Waals surface area contributed by atoms with Crippen LogP contribution in [0.3, 0.4) is 0 Å². The average molecular weight is 362 g/mol. The van der Waals surface area contributed by atoms with E-state index in [1.807, 2.05) is 0 Å². The molecule has 1 saturated carbocycles. The third kappa shape index (κ3) is 2.22. The van der Waals surface area contributed by atoms with Crippen LogP contribution in [0.4, 0.5) is 0 Å². The fourth-order valence-corrected chi connectivity index (χ4v) is 4.31. The maximum absolute atomic E-state index is 12.4. The SMILES string of the molecule is [2H]n1ccc2c(=O)[nH]c([C@@H]3CC[C@H]3c3nc4c(C)c(C)c(C)cn4c3C)nc21. The van der Waals surface area contributed by atoms with Crippen LogP contribution in [0.15, 0.2) is 23.3 Å². The Morgan fingerprint density at radius 1 is 1.15 bits per heavy atom. The molecule has 0 amide bonds. The maximum Gasteiger partial charge on any atom is 0.260 e. The van der Waals surface area contributed by atoms with Gasteiger partial charge in [-0.15, -0.1) is 0 Å². The van der Waals surface area contributed by atoms with E-state index >= 15 is 0 Å². The molecular weight excluding hydrogens is 338 g/mol. The van der Waals surface area contributed by atoms with Gasteiger partial charge in [0.15, 0.2) is 1.41 Å². The molecule has 6 heteroatoms. The number of hydrogen-bond donors (Lipinski definition) is 2. The lowest BCUT2D eigenvalue weighted by atomic mass is 9.71. The normalized spacial score (nSPS) is 20.2. The lowest BCUT2D eigenvalue weighted by Gasteiger charge is -2.35. The molecule has 0 spiro atoms. The van der Waals surface area contributed by atoms with Crippen molar-refractivity contribution in [1.82, 2.24) is 24.3 Å². The summed E-state index contributed by atoms with van der Waals surface area (Å²) in [7, 11) is 0. The molecule has 0 radical (unpaired) electrons. The summed E-state index contributed by atoms with van der Waals surface area (Å²) >= 11 is 0. The summed E-state index contributed by atoms with van der Waals surface area (Å²) in [6, 6.07) is 1.63. The fourth-order valence-electron chi connectivity index (χ4n) is 4.31. The van der Waals surface area contributed by atoms with Crippen molar-refractivity contribution in [2.45, 2.75) is 52.4 Å². The molecule has 4 aromatic heterocycles. The van der Waals surface area contributed by atoms with Crippen molar-refractivity contribution in [2.75, 3.05) is 0 Å². The van der Waals surface area contributed by atoms with Gasteiger partial charge >= 0.3 is 0 Å². The van der Waals surface area contributed by atoms with Crippen molar-refractivity contribution in [2.24, 2.45) is 0 Å². The van der Waals surface area contributed by atoms with E-state index in [1.54, 1.807) is 12.3 Å². The van der Waals surface area contributed by atoms with Crippen LogP contribution in [0.5, 0.6) is 0 Å². The summed E-state index contributed by atoms with van der Waals surface area (Å²) in [6.07, 6.45) is 5.70. The molecule has 0 saturated heterocycles. The van der Waals surface area contributed by atoms with Crippen LogP contribution in [-0.4, -0.2) is 24.3 Å². The van der Waals surface area contributed by atoms with Crippen LogP contribution in [0.2, 0.25) is 1.41 Å². The van der Waals surface area contributed by atoms with E-state index in [1.165, 1.54) is 16.7 Å². The second-order valence-corrected chi connectivity index (χ2v) is 7.76. The number of pyridine rings is 1. The fraction of sp³-hybridized carbons (Fsp3) is 0.381. The molecule has 6 nitrogen and oxygen atoms in total. The second kappa shape index (κ2) is 5.55. The maximum atomic E-state index is 12.4. The third-order valence-electron chi connectivity index (χ3n) is 6.37. The number of nitrogens with one attached hydrogen (secondary N) is 2. The summed E-state index contributed by atoms with van der Waals surface area (Å²) < 4.78 is 10.1. The molecule has 0 unspecified atom stereocenters. The van der Waals surface area contributed by atoms with E-state index in [9.17, 15) is 4.79 Å². The number of aryl methyl sites for hydroxylation is 3. The number of H-pyrrole nitrogens is 2. The van der Waals surface area contributed by atoms with Gasteiger partial charge in [0.2, 0.25) is 0 Å². The van der Waals surface area contributed by atoms with Crippen molar-refractivity contribution in [1.29, 1.82) is 0 Å². The first kappa shape index (κ1) is 15.2. The van der Waals surface area contributed by atoms with Gasteiger partial charge in [-0.2, -0.15) is 0 Å². The van der Waals surface area contributed by atoms with Gasteiger partial charge in [0.1, 0.15) is 17.1 Å². The Bertz CT molecular complexity index is 1310. The topological polar surface area (TPSA) is 78.8 Å². The number of imidazole rings is 1. The Labute approximate surface area is 158 Å². The molecule has 2 N–H and O–H groups in total. The highest BCUT2D eigenvalue weighted by atomic mass is 16.1. The van der Waals surface area contributed by atoms with Crippen molar-refractivity contribution < 1.29 is 1.41 Å². The predicted molar refractivity (Wildman–Crippen MR) is 106 cm³/mol. The highest BCUT2D eigenvalue weighted by Gasteiger charge is 2.38. The minimum absolute atomic E-state index is 0.123. The molecular formula is C21H23N5O. The van der Waals surface area contributed by atoms with Crippen LogP contribution >= 0.6 is 0 Å². The standard InChI is InChI=1S/C21H23N5O/c1-10-9-26-13(4)17(23-20(26)12(3)11(10)2)14-5-6-15(14)19-24-18-16(7-8-22-18)21(27)25-19/h7-9,14-15H,5-6H2,1-4H3,(H2,22,24,25,27)/t14-,15-/m1/s1/i/hD. The highest BCUT2D eigenvalue weighted by molar-refractivity contribution is 5.73. The largest absolute Gasteiger partial charge is 0.346 e. The molecule has 1 aliphatic rings. The second-order valence-electron chi connectivity index (χ2n) is 7.76. The van der Waals surface area contributed by atoms with Crippen molar-refractivity contribution in [3.05, 3.63) is 62.7 Å². The summed E-state index contributed by atoms with van der Waals surface area (Å²) in [5, 5.41) is 0.458. The first-order chi connectivity index (χ1) is 13.4. The van der Waals surface area contributed by atoms with E-state index < -0.39 is 0 Å². The molecule has 0 aliphatic heterocycles. The third-order valence-corrected chi connectivity index (χ3v) is 6.37.